The average Bonchev–Trinajstić information content (AvgIpc) is 2.78. The number of rotatable bonds is 5. The van der Waals surface area contributed by atoms with Crippen LogP contribution in [0, 0.1) is 0 Å². The minimum absolute atomic E-state index is 0.0188. The normalized spacial score (nSPS) is 24.1. The van der Waals surface area contributed by atoms with E-state index in [0.29, 0.717) is 18.7 Å². The van der Waals surface area contributed by atoms with Crippen molar-refractivity contribution in [3.8, 4) is 0 Å². The van der Waals surface area contributed by atoms with Gasteiger partial charge in [-0.05, 0) is 19.8 Å². The van der Waals surface area contributed by atoms with Crippen molar-refractivity contribution in [2.75, 3.05) is 13.2 Å². The first-order chi connectivity index (χ1) is 8.65. The zero-order chi connectivity index (χ0) is 13.0. The average molecular weight is 254 g/mol. The van der Waals surface area contributed by atoms with Crippen molar-refractivity contribution >= 4 is 5.97 Å². The molecule has 0 amide bonds. The molecule has 1 saturated heterocycles. The van der Waals surface area contributed by atoms with Crippen LogP contribution in [0.1, 0.15) is 30.3 Å². The molecule has 0 aliphatic carbocycles. The fraction of sp³-hybridized carbons (Fsp3) is 0.727. The van der Waals surface area contributed by atoms with Crippen molar-refractivity contribution in [2.45, 2.75) is 38.5 Å². The second-order valence-corrected chi connectivity index (χ2v) is 4.53. The summed E-state index contributed by atoms with van der Waals surface area (Å²) in [6, 6.07) is 0.469. The van der Waals surface area contributed by atoms with Crippen molar-refractivity contribution in [3.63, 3.8) is 0 Å². The second kappa shape index (κ2) is 5.92. The van der Waals surface area contributed by atoms with E-state index in [1.807, 2.05) is 0 Å². The van der Waals surface area contributed by atoms with Gasteiger partial charge in [0.2, 0.25) is 0 Å². The molecule has 7 nitrogen and oxygen atoms in total. The molecule has 0 bridgehead atoms. The summed E-state index contributed by atoms with van der Waals surface area (Å²) >= 11 is 0. The number of carboxylic acid groups (broad SMARTS) is 1. The first kappa shape index (κ1) is 13.0. The minimum atomic E-state index is -1.05. The third kappa shape index (κ3) is 3.51. The Kier molecular flexibility index (Phi) is 4.27. The lowest BCUT2D eigenvalue weighted by atomic mass is 10.0. The van der Waals surface area contributed by atoms with E-state index in [0.717, 1.165) is 26.0 Å². The third-order valence-corrected chi connectivity index (χ3v) is 3.02. The lowest BCUT2D eigenvalue weighted by molar-refractivity contribution is 0.0132. The Morgan fingerprint density at radius 3 is 3.22 bits per heavy atom. The Balaban J connectivity index is 1.72. The number of aromatic nitrogens is 3. The molecule has 0 aromatic carbocycles. The summed E-state index contributed by atoms with van der Waals surface area (Å²) in [7, 11) is 0. The van der Waals surface area contributed by atoms with Gasteiger partial charge in [-0.2, -0.15) is 0 Å². The van der Waals surface area contributed by atoms with Gasteiger partial charge in [0.1, 0.15) is 0 Å². The van der Waals surface area contributed by atoms with Crippen LogP contribution in [0.2, 0.25) is 0 Å². The van der Waals surface area contributed by atoms with Crippen molar-refractivity contribution < 1.29 is 14.6 Å². The van der Waals surface area contributed by atoms with Crippen LogP contribution in [0.15, 0.2) is 6.20 Å². The fourth-order valence-corrected chi connectivity index (χ4v) is 2.07. The zero-order valence-electron chi connectivity index (χ0n) is 10.4. The number of carbonyl (C=O) groups is 1. The van der Waals surface area contributed by atoms with Crippen LogP contribution in [-0.4, -0.2) is 51.4 Å². The van der Waals surface area contributed by atoms with Gasteiger partial charge in [0.25, 0.3) is 0 Å². The fourth-order valence-electron chi connectivity index (χ4n) is 2.07. The Bertz CT molecular complexity index is 407. The standard InChI is InChI=1S/C11H18N4O3/c1-8-6-9(2-5-18-8)12-3-4-15-7-10(11(16)17)13-14-15/h7-9,12H,2-6H2,1H3,(H,16,17). The summed E-state index contributed by atoms with van der Waals surface area (Å²) in [6.45, 7) is 4.24. The second-order valence-electron chi connectivity index (χ2n) is 4.53. The van der Waals surface area contributed by atoms with E-state index in [-0.39, 0.29) is 5.69 Å². The summed E-state index contributed by atoms with van der Waals surface area (Å²) in [5.74, 6) is -1.05. The molecule has 0 radical (unpaired) electrons. The molecule has 2 rings (SSSR count). The molecule has 2 heterocycles. The van der Waals surface area contributed by atoms with E-state index >= 15 is 0 Å². The van der Waals surface area contributed by atoms with Crippen molar-refractivity contribution in [1.82, 2.24) is 20.3 Å². The largest absolute Gasteiger partial charge is 0.476 e. The van der Waals surface area contributed by atoms with Gasteiger partial charge in [-0.1, -0.05) is 5.21 Å². The minimum Gasteiger partial charge on any atom is -0.476 e. The maximum Gasteiger partial charge on any atom is 0.358 e. The zero-order valence-corrected chi connectivity index (χ0v) is 10.4. The Morgan fingerprint density at radius 1 is 1.72 bits per heavy atom. The molecule has 1 aromatic heterocycles. The number of ether oxygens (including phenoxy) is 1. The lowest BCUT2D eigenvalue weighted by Gasteiger charge is -2.28. The van der Waals surface area contributed by atoms with E-state index in [2.05, 4.69) is 22.6 Å². The molecule has 2 N–H and O–H groups in total. The predicted molar refractivity (Wildman–Crippen MR) is 63.4 cm³/mol. The van der Waals surface area contributed by atoms with Gasteiger partial charge in [0.15, 0.2) is 5.69 Å². The number of aromatic carboxylic acids is 1. The van der Waals surface area contributed by atoms with Crippen LogP contribution in [0.25, 0.3) is 0 Å². The highest BCUT2D eigenvalue weighted by Crippen LogP contribution is 2.12. The lowest BCUT2D eigenvalue weighted by Crippen LogP contribution is -2.39. The molecule has 1 aliphatic heterocycles. The summed E-state index contributed by atoms with van der Waals surface area (Å²) in [5.41, 5.74) is -0.0188. The molecule has 1 aromatic rings. The number of carboxylic acids is 1. The molecule has 2 unspecified atom stereocenters. The van der Waals surface area contributed by atoms with Crippen molar-refractivity contribution in [2.24, 2.45) is 0 Å². The highest BCUT2D eigenvalue weighted by molar-refractivity contribution is 5.84. The Hall–Kier alpha value is -1.47. The van der Waals surface area contributed by atoms with E-state index < -0.39 is 5.97 Å². The molecule has 1 aliphatic rings. The van der Waals surface area contributed by atoms with Crippen LogP contribution in [0.5, 0.6) is 0 Å². The first-order valence-corrected chi connectivity index (χ1v) is 6.13. The van der Waals surface area contributed by atoms with Crippen LogP contribution < -0.4 is 5.32 Å². The maximum absolute atomic E-state index is 10.6. The van der Waals surface area contributed by atoms with E-state index in [4.69, 9.17) is 9.84 Å². The van der Waals surface area contributed by atoms with Crippen LogP contribution in [-0.2, 0) is 11.3 Å². The number of nitrogens with one attached hydrogen (secondary N) is 1. The molecule has 18 heavy (non-hydrogen) atoms. The van der Waals surface area contributed by atoms with Gasteiger partial charge < -0.3 is 15.2 Å². The third-order valence-electron chi connectivity index (χ3n) is 3.02. The molecule has 0 saturated carbocycles. The monoisotopic (exact) mass is 254 g/mol. The molecule has 1 fully saturated rings. The molecule has 0 spiro atoms. The Labute approximate surface area is 105 Å². The Morgan fingerprint density at radius 2 is 2.56 bits per heavy atom. The predicted octanol–water partition coefficient (Wildman–Crippen LogP) is 0.133. The van der Waals surface area contributed by atoms with Gasteiger partial charge in [-0.3, -0.25) is 4.68 Å². The summed E-state index contributed by atoms with van der Waals surface area (Å²) < 4.78 is 7.01. The molecule has 100 valence electrons. The quantitative estimate of drug-likeness (QED) is 0.776. The topological polar surface area (TPSA) is 89.3 Å². The number of hydrogen-bond donors (Lipinski definition) is 2. The van der Waals surface area contributed by atoms with Gasteiger partial charge in [-0.15, -0.1) is 5.10 Å². The molecular weight excluding hydrogens is 236 g/mol. The smallest absolute Gasteiger partial charge is 0.358 e. The van der Waals surface area contributed by atoms with E-state index in [9.17, 15) is 4.79 Å². The molecule has 7 heteroatoms. The van der Waals surface area contributed by atoms with Gasteiger partial charge >= 0.3 is 5.97 Å². The maximum atomic E-state index is 10.6. The van der Waals surface area contributed by atoms with Crippen LogP contribution in [0.4, 0.5) is 0 Å². The van der Waals surface area contributed by atoms with Crippen LogP contribution >= 0.6 is 0 Å². The summed E-state index contributed by atoms with van der Waals surface area (Å²) in [6.07, 6.45) is 3.78. The van der Waals surface area contributed by atoms with Crippen molar-refractivity contribution in [3.05, 3.63) is 11.9 Å². The van der Waals surface area contributed by atoms with Gasteiger partial charge in [-0.25, -0.2) is 4.79 Å². The van der Waals surface area contributed by atoms with Crippen LogP contribution in [0.3, 0.4) is 0 Å². The highest BCUT2D eigenvalue weighted by Gasteiger charge is 2.18. The molecular formula is C11H18N4O3. The van der Waals surface area contributed by atoms with E-state index in [1.165, 1.54) is 6.20 Å². The van der Waals surface area contributed by atoms with E-state index in [1.54, 1.807) is 4.68 Å². The first-order valence-electron chi connectivity index (χ1n) is 6.13. The number of hydrogen-bond acceptors (Lipinski definition) is 5. The molecule has 2 atom stereocenters. The van der Waals surface area contributed by atoms with Gasteiger partial charge in [0.05, 0.1) is 18.8 Å². The summed E-state index contributed by atoms with van der Waals surface area (Å²) in [4.78, 5) is 10.6. The summed E-state index contributed by atoms with van der Waals surface area (Å²) in [5, 5.41) is 19.4. The van der Waals surface area contributed by atoms with Gasteiger partial charge in [0, 0.05) is 19.2 Å². The highest BCUT2D eigenvalue weighted by atomic mass is 16.5. The SMILES string of the molecule is CC1CC(NCCn2cc(C(=O)O)nn2)CCO1. The van der Waals surface area contributed by atoms with Crippen molar-refractivity contribution in [1.29, 1.82) is 0 Å². The number of nitrogens with zero attached hydrogens (tertiary/aromatic N) is 3.